The van der Waals surface area contributed by atoms with Crippen molar-refractivity contribution in [3.05, 3.63) is 65.5 Å². The predicted molar refractivity (Wildman–Crippen MR) is 92.6 cm³/mol. The number of ether oxygens (including phenoxy) is 1. The van der Waals surface area contributed by atoms with Crippen LogP contribution in [0.15, 0.2) is 48.5 Å². The normalized spacial score (nSPS) is 9.78. The highest BCUT2D eigenvalue weighted by Crippen LogP contribution is 2.08. The van der Waals surface area contributed by atoms with Gasteiger partial charge in [0.05, 0.1) is 11.6 Å². The van der Waals surface area contributed by atoms with Crippen molar-refractivity contribution >= 4 is 23.4 Å². The summed E-state index contributed by atoms with van der Waals surface area (Å²) in [6.07, 6.45) is 0. The highest BCUT2D eigenvalue weighted by molar-refractivity contribution is 5.95. The number of benzene rings is 2. The van der Waals surface area contributed by atoms with Crippen molar-refractivity contribution in [2.75, 3.05) is 18.5 Å². The summed E-state index contributed by atoms with van der Waals surface area (Å²) in [4.78, 5) is 35.0. The molecule has 0 bridgehead atoms. The van der Waals surface area contributed by atoms with Gasteiger partial charge in [-0.3, -0.25) is 25.2 Å². The average molecular weight is 370 g/mol. The molecule has 0 heterocycles. The molecule has 0 saturated heterocycles. The van der Waals surface area contributed by atoms with E-state index < -0.39 is 30.1 Å². The minimum atomic E-state index is -0.670. The molecule has 138 valence electrons. The molecule has 0 aliphatic carbocycles. The minimum absolute atomic E-state index is 0.166. The van der Waals surface area contributed by atoms with Gasteiger partial charge in [-0.2, -0.15) is 5.26 Å². The Kier molecular flexibility index (Phi) is 6.99. The highest BCUT2D eigenvalue weighted by atomic mass is 19.1. The number of hydrazine groups is 1. The number of nitriles is 1. The van der Waals surface area contributed by atoms with Gasteiger partial charge in [0.15, 0.2) is 0 Å². The predicted octanol–water partition coefficient (Wildman–Crippen LogP) is 1.11. The summed E-state index contributed by atoms with van der Waals surface area (Å²) in [6, 6.07) is 12.9. The number of rotatable bonds is 6. The molecule has 0 aliphatic rings. The molecule has 27 heavy (non-hydrogen) atoms. The number of hydrogen-bond acceptors (Lipinski definition) is 5. The van der Waals surface area contributed by atoms with Crippen molar-refractivity contribution in [3.63, 3.8) is 0 Å². The second kappa shape index (κ2) is 9.65. The van der Waals surface area contributed by atoms with Crippen LogP contribution < -0.4 is 16.2 Å². The van der Waals surface area contributed by atoms with Gasteiger partial charge in [-0.25, -0.2) is 4.39 Å². The Bertz CT molecular complexity index is 860. The smallest absolute Gasteiger partial charge is 0.269 e. The summed E-state index contributed by atoms with van der Waals surface area (Å²) in [5.74, 6) is -2.26. The van der Waals surface area contributed by atoms with E-state index >= 15 is 0 Å². The van der Waals surface area contributed by atoms with E-state index in [1.807, 2.05) is 6.07 Å². The van der Waals surface area contributed by atoms with Crippen molar-refractivity contribution in [1.82, 2.24) is 10.9 Å². The molecule has 9 heteroatoms. The Hall–Kier alpha value is -3.77. The molecule has 0 saturated carbocycles. The molecule has 0 aliphatic heterocycles. The van der Waals surface area contributed by atoms with Gasteiger partial charge in [-0.1, -0.05) is 0 Å². The summed E-state index contributed by atoms with van der Waals surface area (Å²) in [7, 11) is 0. The van der Waals surface area contributed by atoms with E-state index in [2.05, 4.69) is 16.2 Å². The van der Waals surface area contributed by atoms with E-state index in [9.17, 15) is 18.8 Å². The van der Waals surface area contributed by atoms with Crippen LogP contribution in [0.4, 0.5) is 10.1 Å². The van der Waals surface area contributed by atoms with Crippen LogP contribution in [0.3, 0.4) is 0 Å². The second-order valence-corrected chi connectivity index (χ2v) is 5.24. The van der Waals surface area contributed by atoms with Crippen LogP contribution in [0.1, 0.15) is 15.9 Å². The fourth-order valence-electron chi connectivity index (χ4n) is 1.90. The van der Waals surface area contributed by atoms with Crippen LogP contribution >= 0.6 is 0 Å². The first-order valence-corrected chi connectivity index (χ1v) is 7.70. The Morgan fingerprint density at radius 2 is 1.56 bits per heavy atom. The van der Waals surface area contributed by atoms with Gasteiger partial charge in [0.1, 0.15) is 19.0 Å². The zero-order chi connectivity index (χ0) is 19.6. The molecule has 8 nitrogen and oxygen atoms in total. The maximum atomic E-state index is 12.8. The molecule has 2 aromatic rings. The van der Waals surface area contributed by atoms with Crippen molar-refractivity contribution < 1.29 is 23.5 Å². The molecule has 0 radical (unpaired) electrons. The monoisotopic (exact) mass is 370 g/mol. The summed E-state index contributed by atoms with van der Waals surface area (Å²) in [6.45, 7) is -0.830. The number of hydrogen-bond donors (Lipinski definition) is 3. The van der Waals surface area contributed by atoms with E-state index in [-0.39, 0.29) is 12.2 Å². The quantitative estimate of drug-likeness (QED) is 0.658. The number of halogens is 1. The molecular formula is C18H15FN4O4. The maximum Gasteiger partial charge on any atom is 0.269 e. The molecule has 2 aromatic carbocycles. The molecule has 0 spiro atoms. The molecule has 0 aromatic heterocycles. The summed E-state index contributed by atoms with van der Waals surface area (Å²) < 4.78 is 17.7. The first kappa shape index (κ1) is 19.6. The largest absolute Gasteiger partial charge is 0.362 e. The van der Waals surface area contributed by atoms with E-state index in [0.717, 1.165) is 12.1 Å². The highest BCUT2D eigenvalue weighted by Gasteiger charge is 2.09. The lowest BCUT2D eigenvalue weighted by atomic mass is 10.2. The van der Waals surface area contributed by atoms with Crippen molar-refractivity contribution in [3.8, 4) is 6.07 Å². The lowest BCUT2D eigenvalue weighted by molar-refractivity contribution is -0.129. The van der Waals surface area contributed by atoms with Crippen LogP contribution in [0.5, 0.6) is 0 Å². The van der Waals surface area contributed by atoms with Gasteiger partial charge >= 0.3 is 0 Å². The third-order valence-corrected chi connectivity index (χ3v) is 3.19. The SMILES string of the molecule is N#Cc1ccc(NC(=O)COCC(=O)NNC(=O)c2ccc(F)cc2)cc1. The minimum Gasteiger partial charge on any atom is -0.362 e. The van der Waals surface area contributed by atoms with Crippen molar-refractivity contribution in [1.29, 1.82) is 5.26 Å². The van der Waals surface area contributed by atoms with E-state index in [0.29, 0.717) is 11.3 Å². The molecule has 2 rings (SSSR count). The Morgan fingerprint density at radius 1 is 0.926 bits per heavy atom. The van der Waals surface area contributed by atoms with Gasteiger partial charge in [-0.05, 0) is 48.5 Å². The first-order valence-electron chi connectivity index (χ1n) is 7.70. The number of carbonyl (C=O) groups excluding carboxylic acids is 3. The Morgan fingerprint density at radius 3 is 2.19 bits per heavy atom. The van der Waals surface area contributed by atoms with Crippen molar-refractivity contribution in [2.45, 2.75) is 0 Å². The lowest BCUT2D eigenvalue weighted by Crippen LogP contribution is -2.43. The lowest BCUT2D eigenvalue weighted by Gasteiger charge is -2.08. The van der Waals surface area contributed by atoms with Crippen LogP contribution in [0.25, 0.3) is 0 Å². The fraction of sp³-hybridized carbons (Fsp3) is 0.111. The van der Waals surface area contributed by atoms with E-state index in [4.69, 9.17) is 10.00 Å². The van der Waals surface area contributed by atoms with Gasteiger partial charge in [-0.15, -0.1) is 0 Å². The molecule has 0 fully saturated rings. The second-order valence-electron chi connectivity index (χ2n) is 5.24. The summed E-state index contributed by atoms with van der Waals surface area (Å²) in [5.41, 5.74) is 5.36. The molecule has 0 unspecified atom stereocenters. The van der Waals surface area contributed by atoms with Crippen LogP contribution in [0.2, 0.25) is 0 Å². The zero-order valence-electron chi connectivity index (χ0n) is 14.0. The fourth-order valence-corrected chi connectivity index (χ4v) is 1.90. The number of amides is 3. The van der Waals surface area contributed by atoms with E-state index in [1.54, 1.807) is 24.3 Å². The third kappa shape index (κ3) is 6.56. The van der Waals surface area contributed by atoms with Crippen LogP contribution in [-0.2, 0) is 14.3 Å². The number of nitrogens with one attached hydrogen (secondary N) is 3. The van der Waals surface area contributed by atoms with E-state index in [1.165, 1.54) is 12.1 Å². The Labute approximate surface area is 153 Å². The van der Waals surface area contributed by atoms with Gasteiger partial charge in [0, 0.05) is 11.3 Å². The molecular weight excluding hydrogens is 355 g/mol. The third-order valence-electron chi connectivity index (χ3n) is 3.19. The topological polar surface area (TPSA) is 120 Å². The molecule has 3 amide bonds. The average Bonchev–Trinajstić information content (AvgIpc) is 2.67. The summed E-state index contributed by atoms with van der Waals surface area (Å²) in [5, 5.41) is 11.2. The number of anilines is 1. The molecule has 3 N–H and O–H groups in total. The van der Waals surface area contributed by atoms with Gasteiger partial charge < -0.3 is 10.1 Å². The number of carbonyl (C=O) groups is 3. The van der Waals surface area contributed by atoms with Crippen molar-refractivity contribution in [2.24, 2.45) is 0 Å². The standard InChI is InChI=1S/C18H15FN4O4/c19-14-5-3-13(4-6-14)18(26)23-22-17(25)11-27-10-16(24)21-15-7-1-12(9-20)2-8-15/h1-8H,10-11H2,(H,21,24)(H,22,25)(H,23,26). The van der Waals surface area contributed by atoms with Crippen LogP contribution in [-0.4, -0.2) is 30.9 Å². The van der Waals surface area contributed by atoms with Gasteiger partial charge in [0.25, 0.3) is 11.8 Å². The van der Waals surface area contributed by atoms with Gasteiger partial charge in [0.2, 0.25) is 5.91 Å². The summed E-state index contributed by atoms with van der Waals surface area (Å²) >= 11 is 0. The first-order chi connectivity index (χ1) is 13.0. The zero-order valence-corrected chi connectivity index (χ0v) is 14.0. The molecule has 0 atom stereocenters. The van der Waals surface area contributed by atoms with Crippen LogP contribution in [0, 0.1) is 17.1 Å². The number of nitrogens with zero attached hydrogens (tertiary/aromatic N) is 1. The Balaban J connectivity index is 1.66. The maximum absolute atomic E-state index is 12.8.